The van der Waals surface area contributed by atoms with Gasteiger partial charge in [-0.25, -0.2) is 0 Å². The van der Waals surface area contributed by atoms with E-state index in [1.54, 1.807) is 6.07 Å². The fourth-order valence-electron chi connectivity index (χ4n) is 3.05. The number of hydrogen-bond donors (Lipinski definition) is 2. The molecular weight excluding hydrogens is 380 g/mol. The molecule has 0 aliphatic heterocycles. The van der Waals surface area contributed by atoms with Gasteiger partial charge in [-0.3, -0.25) is 14.4 Å². The summed E-state index contributed by atoms with van der Waals surface area (Å²) >= 11 is 0. The summed E-state index contributed by atoms with van der Waals surface area (Å²) in [5, 5.41) is 7.50. The van der Waals surface area contributed by atoms with Crippen molar-refractivity contribution in [2.24, 2.45) is 0 Å². The summed E-state index contributed by atoms with van der Waals surface area (Å²) in [4.78, 5) is 36.1. The SMILES string of the molecule is Cc1cccc(NC(=O)COC(=O)CCC(=O)Nc2cccc3ccccc23)c1C. The zero-order valence-corrected chi connectivity index (χ0v) is 17.0. The van der Waals surface area contributed by atoms with E-state index in [1.807, 2.05) is 68.4 Å². The number of amides is 2. The quantitative estimate of drug-likeness (QED) is 0.573. The van der Waals surface area contributed by atoms with Gasteiger partial charge in [-0.2, -0.15) is 0 Å². The van der Waals surface area contributed by atoms with E-state index in [0.29, 0.717) is 11.4 Å². The molecule has 0 atom stereocenters. The lowest BCUT2D eigenvalue weighted by Gasteiger charge is -2.11. The number of nitrogens with one attached hydrogen (secondary N) is 2. The molecule has 6 nitrogen and oxygen atoms in total. The Balaban J connectivity index is 1.44. The van der Waals surface area contributed by atoms with Crippen LogP contribution < -0.4 is 10.6 Å². The highest BCUT2D eigenvalue weighted by Gasteiger charge is 2.12. The highest BCUT2D eigenvalue weighted by atomic mass is 16.5. The maximum atomic E-state index is 12.2. The number of aryl methyl sites for hydroxylation is 1. The molecule has 0 radical (unpaired) electrons. The van der Waals surface area contributed by atoms with Gasteiger partial charge in [-0.05, 0) is 42.5 Å². The Bertz CT molecular complexity index is 1090. The average Bonchev–Trinajstić information content (AvgIpc) is 2.74. The Labute approximate surface area is 175 Å². The van der Waals surface area contributed by atoms with Crippen LogP contribution in [-0.2, 0) is 19.1 Å². The molecule has 0 spiro atoms. The molecule has 3 rings (SSSR count). The Hall–Kier alpha value is -3.67. The normalized spacial score (nSPS) is 10.5. The molecule has 0 aliphatic carbocycles. The van der Waals surface area contributed by atoms with Crippen molar-refractivity contribution in [1.82, 2.24) is 0 Å². The third-order valence-electron chi connectivity index (χ3n) is 4.86. The molecule has 3 aromatic carbocycles. The van der Waals surface area contributed by atoms with Crippen molar-refractivity contribution in [1.29, 1.82) is 0 Å². The number of hydrogen-bond acceptors (Lipinski definition) is 4. The second kappa shape index (κ2) is 9.69. The van der Waals surface area contributed by atoms with E-state index in [0.717, 1.165) is 21.9 Å². The molecule has 0 bridgehead atoms. The highest BCUT2D eigenvalue weighted by Crippen LogP contribution is 2.23. The molecule has 3 aromatic rings. The monoisotopic (exact) mass is 404 g/mol. The van der Waals surface area contributed by atoms with Crippen LogP contribution >= 0.6 is 0 Å². The van der Waals surface area contributed by atoms with Crippen LogP contribution in [0.1, 0.15) is 24.0 Å². The summed E-state index contributed by atoms with van der Waals surface area (Å²) in [6.45, 7) is 3.47. The number of carbonyl (C=O) groups is 3. The smallest absolute Gasteiger partial charge is 0.306 e. The first-order chi connectivity index (χ1) is 14.4. The summed E-state index contributed by atoms with van der Waals surface area (Å²) in [6, 6.07) is 19.0. The van der Waals surface area contributed by atoms with Crippen LogP contribution in [0.3, 0.4) is 0 Å². The third-order valence-corrected chi connectivity index (χ3v) is 4.86. The Morgan fingerprint density at radius 1 is 0.767 bits per heavy atom. The van der Waals surface area contributed by atoms with Crippen molar-refractivity contribution in [2.75, 3.05) is 17.2 Å². The van der Waals surface area contributed by atoms with Gasteiger partial charge in [0, 0.05) is 23.2 Å². The van der Waals surface area contributed by atoms with E-state index in [9.17, 15) is 14.4 Å². The molecule has 0 aromatic heterocycles. The van der Waals surface area contributed by atoms with Crippen molar-refractivity contribution in [3.8, 4) is 0 Å². The second-order valence-electron chi connectivity index (χ2n) is 7.03. The van der Waals surface area contributed by atoms with Crippen molar-refractivity contribution in [2.45, 2.75) is 26.7 Å². The number of fused-ring (bicyclic) bond motifs is 1. The first-order valence-corrected chi connectivity index (χ1v) is 9.73. The lowest BCUT2D eigenvalue weighted by molar-refractivity contribution is -0.147. The predicted octanol–water partition coefficient (Wildman–Crippen LogP) is 4.36. The molecule has 6 heteroatoms. The summed E-state index contributed by atoms with van der Waals surface area (Å²) in [7, 11) is 0. The van der Waals surface area contributed by atoms with Gasteiger partial charge in [-0.1, -0.05) is 48.5 Å². The topological polar surface area (TPSA) is 84.5 Å². The third kappa shape index (κ3) is 5.44. The van der Waals surface area contributed by atoms with Crippen molar-refractivity contribution in [3.63, 3.8) is 0 Å². The Morgan fingerprint density at radius 2 is 1.43 bits per heavy atom. The minimum absolute atomic E-state index is 0.0271. The number of carbonyl (C=O) groups excluding carboxylic acids is 3. The molecular formula is C24H24N2O4. The predicted molar refractivity (Wildman–Crippen MR) is 117 cm³/mol. The van der Waals surface area contributed by atoms with Crippen LogP contribution in [0.25, 0.3) is 10.8 Å². The van der Waals surface area contributed by atoms with Gasteiger partial charge < -0.3 is 15.4 Å². The molecule has 0 saturated heterocycles. The number of anilines is 2. The van der Waals surface area contributed by atoms with E-state index in [-0.39, 0.29) is 18.7 Å². The van der Waals surface area contributed by atoms with Gasteiger partial charge in [0.25, 0.3) is 5.91 Å². The van der Waals surface area contributed by atoms with Gasteiger partial charge in [0.15, 0.2) is 6.61 Å². The average molecular weight is 404 g/mol. The maximum Gasteiger partial charge on any atom is 0.306 e. The zero-order valence-electron chi connectivity index (χ0n) is 17.0. The minimum atomic E-state index is -0.598. The molecule has 0 unspecified atom stereocenters. The van der Waals surface area contributed by atoms with Gasteiger partial charge >= 0.3 is 5.97 Å². The highest BCUT2D eigenvalue weighted by molar-refractivity contribution is 6.02. The van der Waals surface area contributed by atoms with Gasteiger partial charge in [0.05, 0.1) is 6.42 Å². The van der Waals surface area contributed by atoms with Crippen LogP contribution in [0.2, 0.25) is 0 Å². The lowest BCUT2D eigenvalue weighted by Crippen LogP contribution is -2.22. The number of rotatable bonds is 7. The molecule has 2 amide bonds. The van der Waals surface area contributed by atoms with Gasteiger partial charge in [0.1, 0.15) is 0 Å². The first kappa shape index (κ1) is 21.0. The molecule has 154 valence electrons. The van der Waals surface area contributed by atoms with Gasteiger partial charge in [0.2, 0.25) is 5.91 Å². The fraction of sp³-hybridized carbons (Fsp3) is 0.208. The number of esters is 1. The van der Waals surface area contributed by atoms with E-state index in [4.69, 9.17) is 4.74 Å². The molecule has 0 saturated carbocycles. The summed E-state index contributed by atoms with van der Waals surface area (Å²) in [5.74, 6) is -1.31. The Morgan fingerprint density at radius 3 is 2.27 bits per heavy atom. The Kier molecular flexibility index (Phi) is 6.80. The summed E-state index contributed by atoms with van der Waals surface area (Å²) in [5.41, 5.74) is 3.40. The van der Waals surface area contributed by atoms with Crippen LogP contribution in [0.4, 0.5) is 11.4 Å². The molecule has 2 N–H and O–H groups in total. The second-order valence-corrected chi connectivity index (χ2v) is 7.03. The zero-order chi connectivity index (χ0) is 21.5. The van der Waals surface area contributed by atoms with Crippen LogP contribution in [0.5, 0.6) is 0 Å². The van der Waals surface area contributed by atoms with Crippen molar-refractivity contribution < 1.29 is 19.1 Å². The van der Waals surface area contributed by atoms with Gasteiger partial charge in [-0.15, -0.1) is 0 Å². The minimum Gasteiger partial charge on any atom is -0.456 e. The fourth-order valence-corrected chi connectivity index (χ4v) is 3.05. The molecule has 0 aliphatic rings. The maximum absolute atomic E-state index is 12.2. The summed E-state index contributed by atoms with van der Waals surface area (Å²) in [6.07, 6.45) is -0.131. The first-order valence-electron chi connectivity index (χ1n) is 9.73. The van der Waals surface area contributed by atoms with E-state index >= 15 is 0 Å². The van der Waals surface area contributed by atoms with E-state index in [1.165, 1.54) is 0 Å². The summed E-state index contributed by atoms with van der Waals surface area (Å²) < 4.78 is 4.99. The standard InChI is InChI=1S/C24H24N2O4/c1-16-7-5-11-20(17(16)2)25-23(28)15-30-24(29)14-13-22(27)26-21-12-6-9-18-8-3-4-10-19(18)21/h3-12H,13-15H2,1-2H3,(H,25,28)(H,26,27). The number of ether oxygens (including phenoxy) is 1. The molecule has 30 heavy (non-hydrogen) atoms. The van der Waals surface area contributed by atoms with Crippen LogP contribution in [0, 0.1) is 13.8 Å². The van der Waals surface area contributed by atoms with Crippen molar-refractivity contribution >= 4 is 39.9 Å². The molecule has 0 fully saturated rings. The molecule has 0 heterocycles. The number of benzene rings is 3. The largest absolute Gasteiger partial charge is 0.456 e. The van der Waals surface area contributed by atoms with E-state index in [2.05, 4.69) is 10.6 Å². The van der Waals surface area contributed by atoms with Crippen LogP contribution in [0.15, 0.2) is 60.7 Å². The van der Waals surface area contributed by atoms with E-state index < -0.39 is 18.5 Å². The lowest BCUT2D eigenvalue weighted by atomic mass is 10.1. The van der Waals surface area contributed by atoms with Crippen molar-refractivity contribution in [3.05, 3.63) is 71.8 Å². The van der Waals surface area contributed by atoms with Crippen LogP contribution in [-0.4, -0.2) is 24.4 Å².